The van der Waals surface area contributed by atoms with Crippen LogP contribution in [0, 0.1) is 23.2 Å². The number of aromatic nitrogens is 2. The van der Waals surface area contributed by atoms with E-state index in [-0.39, 0.29) is 119 Å². The fraction of sp³-hybridized carbons (Fsp3) is 0.468. The van der Waals surface area contributed by atoms with Crippen LogP contribution in [0.25, 0.3) is 21.8 Å². The van der Waals surface area contributed by atoms with E-state index in [1.807, 2.05) is 30.3 Å². The zero-order valence-electron chi connectivity index (χ0n) is 62.2. The number of guanidine groups is 1. The van der Waals surface area contributed by atoms with Crippen LogP contribution in [-0.2, 0) is 83.2 Å². The van der Waals surface area contributed by atoms with Gasteiger partial charge in [0, 0.05) is 146 Å². The number of hydrogen-bond donors (Lipinski definition) is 15. The predicted octanol–water partition coefficient (Wildman–Crippen LogP) is 2.00. The second-order valence-electron chi connectivity index (χ2n) is 29.3. The lowest BCUT2D eigenvalue weighted by atomic mass is 9.83. The van der Waals surface area contributed by atoms with Gasteiger partial charge in [-0.05, 0) is 73.4 Å². The van der Waals surface area contributed by atoms with E-state index in [1.165, 1.54) is 25.6 Å². The molecule has 4 aromatic carbocycles. The van der Waals surface area contributed by atoms with E-state index in [4.69, 9.17) is 22.6 Å². The highest BCUT2D eigenvalue weighted by atomic mass is 32.2. The molecule has 0 spiro atoms. The molecular formula is C79H100N16O14S2. The number of carbonyl (C=O) groups is 12. The Morgan fingerprint density at radius 2 is 0.982 bits per heavy atom. The Bertz CT molecular complexity index is 4380. The summed E-state index contributed by atoms with van der Waals surface area (Å²) in [6.07, 6.45) is -0.746. The molecular weight excluding hydrogens is 1460 g/mol. The van der Waals surface area contributed by atoms with E-state index < -0.39 is 174 Å². The lowest BCUT2D eigenvalue weighted by molar-refractivity contribution is -0.143. The van der Waals surface area contributed by atoms with E-state index in [0.717, 1.165) is 32.5 Å². The molecule has 6 aromatic rings. The van der Waals surface area contributed by atoms with E-state index in [9.17, 15) is 29.4 Å². The number of para-hydroxylation sites is 2. The fourth-order valence-corrected chi connectivity index (χ4v) is 17.1. The molecule has 4 aliphatic heterocycles. The van der Waals surface area contributed by atoms with Crippen LogP contribution in [0.15, 0.2) is 127 Å². The molecule has 18 N–H and O–H groups in total. The van der Waals surface area contributed by atoms with E-state index in [2.05, 4.69) is 52.2 Å². The number of ketones is 3. The summed E-state index contributed by atoms with van der Waals surface area (Å²) in [7, 11) is 0. The zero-order valence-corrected chi connectivity index (χ0v) is 63.8. The number of Topliss-reactive ketones (excluding diaryl/α,β-unsaturated/α-hetero) is 3. The quantitative estimate of drug-likeness (QED) is 0.0353. The molecule has 30 nitrogen and oxygen atoms in total. The lowest BCUT2D eigenvalue weighted by Crippen LogP contribution is -2.61. The number of unbranched alkanes of at least 4 members (excludes halogenated alkanes) is 1. The predicted molar refractivity (Wildman–Crippen MR) is 421 cm³/mol. The minimum Gasteiger partial charge on any atom is -0.391 e. The van der Waals surface area contributed by atoms with E-state index in [1.54, 1.807) is 91.3 Å². The summed E-state index contributed by atoms with van der Waals surface area (Å²) in [6, 6.07) is 19.0. The number of aliphatic hydroxyl groups is 2. The number of aromatic amines is 2. The van der Waals surface area contributed by atoms with Gasteiger partial charge in [0.25, 0.3) is 0 Å². The van der Waals surface area contributed by atoms with E-state index >= 15 is 38.4 Å². The molecule has 592 valence electrons. The average Bonchev–Trinajstić information content (AvgIpc) is 1.72. The molecule has 32 heteroatoms. The number of nitrogens with two attached hydrogens (primary N) is 3. The third-order valence-electron chi connectivity index (χ3n) is 20.8. The molecule has 0 radical (unpaired) electrons. The topological polar surface area (TPSA) is 482 Å². The highest BCUT2D eigenvalue weighted by Gasteiger charge is 2.45. The number of benzene rings is 4. The van der Waals surface area contributed by atoms with Crippen molar-refractivity contribution < 1.29 is 67.7 Å². The van der Waals surface area contributed by atoms with Gasteiger partial charge in [0.05, 0.1) is 24.1 Å². The number of fused-ring (bicyclic) bond motifs is 10. The summed E-state index contributed by atoms with van der Waals surface area (Å²) in [5.41, 5.74) is 21.0. The standard InChI is InChI=1S/C79H100N16O14S2/c1-44-28-66(98)51-34-67(99)48(31-49-37-85-56-22-11-9-20-54(49)56)33-68(100)58(24-13-14-26-69(80)81)88-71(102)60(29-46-16-5-3-6-17-46)91-76(107)65-36-53(97)40-95(65)78(109)45(2)87-74(105)63(42-111-43-110-41-51)93-73(104)62(32-50-38-86-57-23-12-10-21-55(50)57)90-70(101)59(25-15-27-84-79(82)83)89-72(103)61(30-47-18-7-4-8-19-47)92-75(106)64-35-52(96)39-94(64)77(44)108/h3-12,16-23,37-38,44-45,48,51-53,58-65,85-86,96-97H,13-15,24-36,39-43H2,1-2H3,(H3,80,81)(H,87,105)(H,88,102)(H,89,103)(H,90,101)(H,91,107)(H,92,106)(H,93,104)(H4,82,83,84)/t44-,45+,48-,51+,52-,53-,58+,59+,60-,61-,62+,63+,64+,65+/m1/s1. The number of H-pyrrole nitrogens is 2. The number of aliphatic imine (C=N–C) groups is 1. The van der Waals surface area contributed by atoms with Gasteiger partial charge in [0.15, 0.2) is 11.7 Å². The maximum Gasteiger partial charge on any atom is 0.245 e. The van der Waals surface area contributed by atoms with E-state index in [0.29, 0.717) is 39.6 Å². The van der Waals surface area contributed by atoms with Gasteiger partial charge >= 0.3 is 0 Å². The normalized spacial score (nSPS) is 26.6. The third-order valence-corrected chi connectivity index (χ3v) is 23.3. The van der Waals surface area contributed by atoms with Crippen molar-refractivity contribution in [1.29, 1.82) is 5.41 Å². The number of amides is 9. The number of aliphatic hydroxyl groups excluding tert-OH is 2. The van der Waals surface area contributed by atoms with Crippen LogP contribution in [-0.4, -0.2) is 215 Å². The Balaban J connectivity index is 1.07. The van der Waals surface area contributed by atoms with Crippen LogP contribution < -0.4 is 54.4 Å². The maximum absolute atomic E-state index is 15.7. The number of rotatable bonds is 17. The molecule has 2 aromatic heterocycles. The first kappa shape index (κ1) is 83.0. The summed E-state index contributed by atoms with van der Waals surface area (Å²) in [5.74, 6) is -13.3. The van der Waals surface area contributed by atoms with Gasteiger partial charge in [-0.25, -0.2) is 0 Å². The summed E-state index contributed by atoms with van der Waals surface area (Å²) < 4.78 is 0. The molecule has 9 amide bonds. The number of amidine groups is 1. The minimum atomic E-state index is -1.53. The highest BCUT2D eigenvalue weighted by Crippen LogP contribution is 2.31. The van der Waals surface area contributed by atoms with Gasteiger partial charge in [0.2, 0.25) is 53.2 Å². The number of thioether (sulfide) groups is 2. The summed E-state index contributed by atoms with van der Waals surface area (Å²) in [5, 5.41) is 51.7. The van der Waals surface area contributed by atoms with Gasteiger partial charge < -0.3 is 84.4 Å². The van der Waals surface area contributed by atoms with Crippen LogP contribution in [0.2, 0.25) is 0 Å². The smallest absolute Gasteiger partial charge is 0.245 e. The molecule has 4 aliphatic rings. The lowest BCUT2D eigenvalue weighted by Gasteiger charge is -2.30. The molecule has 0 saturated carbocycles. The van der Waals surface area contributed by atoms with Crippen LogP contribution >= 0.6 is 23.5 Å². The Morgan fingerprint density at radius 3 is 1.56 bits per heavy atom. The number of nitrogens with zero attached hydrogens (tertiary/aromatic N) is 3. The van der Waals surface area contributed by atoms with Crippen molar-refractivity contribution in [3.05, 3.63) is 144 Å². The van der Waals surface area contributed by atoms with Crippen molar-refractivity contribution in [3.8, 4) is 0 Å². The summed E-state index contributed by atoms with van der Waals surface area (Å²) in [4.78, 5) is 195. The van der Waals surface area contributed by atoms with Crippen molar-refractivity contribution >= 4 is 128 Å². The highest BCUT2D eigenvalue weighted by molar-refractivity contribution is 8.16. The molecule has 10 rings (SSSR count). The molecule has 111 heavy (non-hydrogen) atoms. The third kappa shape index (κ3) is 22.9. The molecule has 0 aliphatic carbocycles. The van der Waals surface area contributed by atoms with Crippen LogP contribution in [0.5, 0.6) is 0 Å². The molecule has 6 heterocycles. The van der Waals surface area contributed by atoms with Gasteiger partial charge in [0.1, 0.15) is 59.9 Å². The molecule has 0 unspecified atom stereocenters. The molecule has 14 atom stereocenters. The van der Waals surface area contributed by atoms with Crippen LogP contribution in [0.4, 0.5) is 0 Å². The van der Waals surface area contributed by atoms with Crippen LogP contribution in [0.1, 0.15) is 107 Å². The second kappa shape index (κ2) is 39.5. The van der Waals surface area contributed by atoms with Crippen molar-refractivity contribution in [1.82, 2.24) is 57.0 Å². The molecule has 2 bridgehead atoms. The molecule has 4 saturated heterocycles. The SMILES string of the molecule is C[C@@H]1CC(=O)[C@@H]2CSCSC[C@H](NC(=O)[C@H](Cc3c[nH]c4ccccc34)NC(=O)[C@H](CCCN=C(N)N)NC(=O)[C@@H](Cc3ccccc3)NC(=O)[C@@H]3C[C@@H](O)CN3C1=O)C(=O)N[C@@H](C)C(=O)N1C[C@H](O)C[C@H]1C(=O)N[C@H](Cc1ccccc1)C(=O)N[C@@H](CCCCC(=N)N)C(=O)C[C@@H](Cc1c[nH]c3ccccc13)C(=O)C2. The van der Waals surface area contributed by atoms with Gasteiger partial charge in [-0.15, -0.1) is 11.8 Å². The Labute approximate surface area is 651 Å². The monoisotopic (exact) mass is 1560 g/mol. The average molecular weight is 1560 g/mol. The van der Waals surface area contributed by atoms with Crippen molar-refractivity contribution in [2.75, 3.05) is 36.2 Å². The number of carbonyl (C=O) groups excluding carboxylic acids is 12. The Kier molecular flexibility index (Phi) is 29.5. The Morgan fingerprint density at radius 1 is 0.495 bits per heavy atom. The van der Waals surface area contributed by atoms with Gasteiger partial charge in [-0.2, -0.15) is 11.8 Å². The van der Waals surface area contributed by atoms with Crippen LogP contribution in [0.3, 0.4) is 0 Å². The maximum atomic E-state index is 15.7. The fourth-order valence-electron chi connectivity index (χ4n) is 14.8. The van der Waals surface area contributed by atoms with Crippen molar-refractivity contribution in [2.45, 2.75) is 177 Å². The molecule has 4 fully saturated rings. The Hall–Kier alpha value is -10.4. The first-order valence-corrected chi connectivity index (χ1v) is 40.0. The van der Waals surface area contributed by atoms with Crippen molar-refractivity contribution in [3.63, 3.8) is 0 Å². The van der Waals surface area contributed by atoms with Gasteiger partial charge in [-0.3, -0.25) is 67.9 Å². The zero-order chi connectivity index (χ0) is 79.4. The summed E-state index contributed by atoms with van der Waals surface area (Å²) in [6.45, 7) is 2.15. The largest absolute Gasteiger partial charge is 0.391 e. The second-order valence-corrected chi connectivity index (χ2v) is 31.7. The summed E-state index contributed by atoms with van der Waals surface area (Å²) >= 11 is 2.33. The van der Waals surface area contributed by atoms with Gasteiger partial charge in [-0.1, -0.05) is 110 Å². The first-order valence-electron chi connectivity index (χ1n) is 37.7. The number of nitrogens with one attached hydrogen (secondary N) is 10. The minimum absolute atomic E-state index is 0.00255. The first-order chi connectivity index (χ1) is 53.3. The van der Waals surface area contributed by atoms with Crippen molar-refractivity contribution in [2.24, 2.45) is 39.9 Å². The number of hydrogen-bond acceptors (Lipinski definition) is 18.